The Bertz CT molecular complexity index is 1450. The summed E-state index contributed by atoms with van der Waals surface area (Å²) in [7, 11) is 2.98. The van der Waals surface area contributed by atoms with E-state index in [2.05, 4.69) is 10.3 Å². The molecule has 3 heterocycles. The van der Waals surface area contributed by atoms with Crippen LogP contribution in [0.5, 0.6) is 17.2 Å². The van der Waals surface area contributed by atoms with Crippen molar-refractivity contribution in [2.45, 2.75) is 6.61 Å². The van der Waals surface area contributed by atoms with Crippen LogP contribution in [0.25, 0.3) is 21.3 Å². The van der Waals surface area contributed by atoms with Gasteiger partial charge in [-0.05, 0) is 36.4 Å². The van der Waals surface area contributed by atoms with Crippen molar-refractivity contribution in [1.29, 1.82) is 0 Å². The summed E-state index contributed by atoms with van der Waals surface area (Å²) >= 11 is 1.32. The lowest BCUT2D eigenvalue weighted by molar-refractivity contribution is 0.0902. The number of Topliss-reactive ketones (excluding diaryl/α,β-unsaturated/α-hetero) is 1. The van der Waals surface area contributed by atoms with Crippen LogP contribution in [0.2, 0.25) is 0 Å². The fourth-order valence-corrected chi connectivity index (χ4v) is 4.98. The average Bonchev–Trinajstić information content (AvgIpc) is 3.27. The van der Waals surface area contributed by atoms with E-state index in [0.29, 0.717) is 39.8 Å². The fourth-order valence-electron chi connectivity index (χ4n) is 3.87. The molecular weight excluding hydrogens is 459 g/mol. The molecule has 0 radical (unpaired) electrons. The van der Waals surface area contributed by atoms with Gasteiger partial charge in [0, 0.05) is 16.5 Å². The third-order valence-electron chi connectivity index (χ3n) is 5.54. The van der Waals surface area contributed by atoms with Gasteiger partial charge in [0.25, 0.3) is 5.91 Å². The number of amides is 1. The molecule has 0 spiro atoms. The fraction of sp³-hybridized carbons (Fsp3) is 0.160. The molecule has 2 aromatic heterocycles. The van der Waals surface area contributed by atoms with Gasteiger partial charge in [-0.2, -0.15) is 0 Å². The molecule has 5 rings (SSSR count). The van der Waals surface area contributed by atoms with Gasteiger partial charge in [-0.3, -0.25) is 9.59 Å². The van der Waals surface area contributed by atoms with Gasteiger partial charge in [-0.1, -0.05) is 12.1 Å². The molecule has 4 aromatic rings. The first kappa shape index (κ1) is 21.8. The van der Waals surface area contributed by atoms with Crippen molar-refractivity contribution in [2.75, 3.05) is 20.8 Å². The Kier molecular flexibility index (Phi) is 5.62. The zero-order chi connectivity index (χ0) is 23.8. The number of aromatic nitrogens is 1. The van der Waals surface area contributed by atoms with E-state index in [0.717, 1.165) is 15.8 Å². The molecular formula is C25H19FN2O5S. The first-order chi connectivity index (χ1) is 16.5. The molecule has 0 saturated heterocycles. The summed E-state index contributed by atoms with van der Waals surface area (Å²) in [6, 6.07) is 12.9. The zero-order valence-corrected chi connectivity index (χ0v) is 19.1. The molecule has 0 unspecified atom stereocenters. The summed E-state index contributed by atoms with van der Waals surface area (Å²) < 4.78 is 31.0. The Labute approximate surface area is 198 Å². The second-order valence-electron chi connectivity index (χ2n) is 7.52. The number of hydrogen-bond acceptors (Lipinski definition) is 7. The summed E-state index contributed by atoms with van der Waals surface area (Å²) in [5, 5.41) is 3.35. The maximum absolute atomic E-state index is 14.3. The SMILES string of the molecule is COc1ccc(C(=O)NCC(=O)c2ccc3c(n2)-c2c(sc4c(F)cccc24)CO3)cc1OC. The summed E-state index contributed by atoms with van der Waals surface area (Å²) in [5.41, 5.74) is 1.78. The number of nitrogens with one attached hydrogen (secondary N) is 1. The smallest absolute Gasteiger partial charge is 0.251 e. The highest BCUT2D eigenvalue weighted by molar-refractivity contribution is 7.19. The lowest BCUT2D eigenvalue weighted by atomic mass is 10.0. The summed E-state index contributed by atoms with van der Waals surface area (Å²) in [6.45, 7) is 0.0726. The van der Waals surface area contributed by atoms with Crippen molar-refractivity contribution in [3.8, 4) is 28.5 Å². The maximum Gasteiger partial charge on any atom is 0.251 e. The highest BCUT2D eigenvalue weighted by Gasteiger charge is 2.26. The van der Waals surface area contributed by atoms with Crippen LogP contribution >= 0.6 is 11.3 Å². The van der Waals surface area contributed by atoms with Crippen LogP contribution in [-0.2, 0) is 6.61 Å². The quantitative estimate of drug-likeness (QED) is 0.407. The number of carbonyl (C=O) groups excluding carboxylic acids is 2. The van der Waals surface area contributed by atoms with Gasteiger partial charge in [0.05, 0.1) is 30.3 Å². The molecule has 172 valence electrons. The lowest BCUT2D eigenvalue weighted by Gasteiger charge is -2.18. The molecule has 1 aliphatic heterocycles. The number of methoxy groups -OCH3 is 2. The predicted octanol–water partition coefficient (Wildman–Crippen LogP) is 4.62. The van der Waals surface area contributed by atoms with E-state index in [4.69, 9.17) is 14.2 Å². The Morgan fingerprint density at radius 1 is 1.12 bits per heavy atom. The molecule has 2 aromatic carbocycles. The topological polar surface area (TPSA) is 86.8 Å². The number of halogens is 1. The normalized spacial score (nSPS) is 11.9. The van der Waals surface area contributed by atoms with E-state index in [-0.39, 0.29) is 23.8 Å². The van der Waals surface area contributed by atoms with Gasteiger partial charge in [-0.15, -0.1) is 11.3 Å². The van der Waals surface area contributed by atoms with Gasteiger partial charge in [0.2, 0.25) is 0 Å². The summed E-state index contributed by atoms with van der Waals surface area (Å²) in [4.78, 5) is 30.8. The third kappa shape index (κ3) is 3.73. The van der Waals surface area contributed by atoms with E-state index in [1.54, 1.807) is 30.3 Å². The second-order valence-corrected chi connectivity index (χ2v) is 8.63. The number of pyridine rings is 1. The number of fused-ring (bicyclic) bond motifs is 5. The Balaban J connectivity index is 1.38. The Morgan fingerprint density at radius 3 is 2.74 bits per heavy atom. The van der Waals surface area contributed by atoms with Crippen LogP contribution in [0.3, 0.4) is 0 Å². The number of thiophene rings is 1. The molecule has 0 aliphatic carbocycles. The lowest BCUT2D eigenvalue weighted by Crippen LogP contribution is -2.30. The average molecular weight is 479 g/mol. The zero-order valence-electron chi connectivity index (χ0n) is 18.3. The molecule has 1 amide bonds. The van der Waals surface area contributed by atoms with Crippen molar-refractivity contribution in [2.24, 2.45) is 0 Å². The van der Waals surface area contributed by atoms with E-state index < -0.39 is 5.91 Å². The van der Waals surface area contributed by atoms with Crippen molar-refractivity contribution in [3.63, 3.8) is 0 Å². The minimum atomic E-state index is -0.433. The molecule has 34 heavy (non-hydrogen) atoms. The molecule has 0 atom stereocenters. The van der Waals surface area contributed by atoms with Crippen LogP contribution in [0, 0.1) is 5.82 Å². The molecule has 0 bridgehead atoms. The molecule has 9 heteroatoms. The number of ketones is 1. The monoisotopic (exact) mass is 478 g/mol. The van der Waals surface area contributed by atoms with Crippen LogP contribution in [0.1, 0.15) is 25.7 Å². The van der Waals surface area contributed by atoms with Crippen molar-refractivity contribution < 1.29 is 28.2 Å². The molecule has 0 saturated carbocycles. The van der Waals surface area contributed by atoms with E-state index in [1.165, 1.54) is 37.7 Å². The number of nitrogens with zero attached hydrogens (tertiary/aromatic N) is 1. The van der Waals surface area contributed by atoms with Gasteiger partial charge in [-0.25, -0.2) is 9.37 Å². The highest BCUT2D eigenvalue weighted by atomic mass is 32.1. The van der Waals surface area contributed by atoms with Crippen molar-refractivity contribution in [1.82, 2.24) is 10.3 Å². The Morgan fingerprint density at radius 2 is 1.94 bits per heavy atom. The number of rotatable bonds is 6. The van der Waals surface area contributed by atoms with E-state index in [1.807, 2.05) is 6.07 Å². The minimum Gasteiger partial charge on any atom is -0.493 e. The summed E-state index contributed by atoms with van der Waals surface area (Å²) in [5.74, 6) is 0.335. The standard InChI is InChI=1S/C25H19FN2O5S/c1-31-18-8-6-13(10-20(18)32-2)25(30)27-11-17(29)16-7-9-19-23(28-16)22-14-4-3-5-15(26)24(14)34-21(22)12-33-19/h3-10H,11-12H2,1-2H3,(H,27,30). The van der Waals surface area contributed by atoms with Gasteiger partial charge < -0.3 is 19.5 Å². The first-order valence-electron chi connectivity index (χ1n) is 10.4. The molecule has 1 aliphatic rings. The maximum atomic E-state index is 14.3. The van der Waals surface area contributed by atoms with Gasteiger partial charge >= 0.3 is 0 Å². The van der Waals surface area contributed by atoms with Crippen LogP contribution in [0.4, 0.5) is 4.39 Å². The van der Waals surface area contributed by atoms with Crippen LogP contribution in [0.15, 0.2) is 48.5 Å². The Hall–Kier alpha value is -3.98. The van der Waals surface area contributed by atoms with E-state index >= 15 is 0 Å². The van der Waals surface area contributed by atoms with Gasteiger partial charge in [0.15, 0.2) is 17.3 Å². The minimum absolute atomic E-state index is 0.179. The van der Waals surface area contributed by atoms with Crippen molar-refractivity contribution >= 4 is 33.1 Å². The largest absolute Gasteiger partial charge is 0.493 e. The molecule has 0 fully saturated rings. The molecule has 1 N–H and O–H groups in total. The second kappa shape index (κ2) is 8.75. The number of ether oxygens (including phenoxy) is 3. The number of benzene rings is 2. The van der Waals surface area contributed by atoms with E-state index in [9.17, 15) is 14.0 Å². The molecule has 7 nitrogen and oxygen atoms in total. The first-order valence-corrected chi connectivity index (χ1v) is 11.2. The van der Waals surface area contributed by atoms with Crippen molar-refractivity contribution in [3.05, 3.63) is 70.5 Å². The number of hydrogen-bond donors (Lipinski definition) is 1. The van der Waals surface area contributed by atoms with Crippen LogP contribution in [-0.4, -0.2) is 37.4 Å². The third-order valence-corrected chi connectivity index (χ3v) is 6.72. The van der Waals surface area contributed by atoms with Gasteiger partial charge in [0.1, 0.15) is 29.6 Å². The van der Waals surface area contributed by atoms with Crippen LogP contribution < -0.4 is 19.5 Å². The summed E-state index contributed by atoms with van der Waals surface area (Å²) in [6.07, 6.45) is 0. The number of carbonyl (C=O) groups is 2. The predicted molar refractivity (Wildman–Crippen MR) is 126 cm³/mol. The highest BCUT2D eigenvalue weighted by Crippen LogP contribution is 2.45.